The quantitative estimate of drug-likeness (QED) is 0.782. The summed E-state index contributed by atoms with van der Waals surface area (Å²) >= 11 is 0. The predicted molar refractivity (Wildman–Crippen MR) is 71.1 cm³/mol. The Labute approximate surface area is 102 Å². The van der Waals surface area contributed by atoms with E-state index in [0.29, 0.717) is 6.04 Å². The molecule has 0 aromatic heterocycles. The molecule has 86 valence electrons. The fraction of sp³-hybridized carbons (Fsp3) is 0.250. The summed E-state index contributed by atoms with van der Waals surface area (Å²) in [5.41, 5.74) is 4.30. The van der Waals surface area contributed by atoms with E-state index in [4.69, 9.17) is 0 Å². The summed E-state index contributed by atoms with van der Waals surface area (Å²) in [5.74, 6) is 0. The summed E-state index contributed by atoms with van der Waals surface area (Å²) in [6.45, 7) is 1.09. The number of fused-ring (bicyclic) bond motifs is 1. The van der Waals surface area contributed by atoms with Crippen molar-refractivity contribution in [2.75, 3.05) is 6.54 Å². The SMILES string of the molecule is c1ccc(C2NCCCc3ccccc32)cc1. The lowest BCUT2D eigenvalue weighted by Gasteiger charge is -2.19. The van der Waals surface area contributed by atoms with Crippen LogP contribution in [0.2, 0.25) is 0 Å². The smallest absolute Gasteiger partial charge is 0.0579 e. The summed E-state index contributed by atoms with van der Waals surface area (Å²) in [6, 6.07) is 19.9. The summed E-state index contributed by atoms with van der Waals surface area (Å²) in [7, 11) is 0. The fourth-order valence-corrected chi connectivity index (χ4v) is 2.62. The summed E-state index contributed by atoms with van der Waals surface area (Å²) < 4.78 is 0. The van der Waals surface area contributed by atoms with Gasteiger partial charge in [0.1, 0.15) is 0 Å². The Morgan fingerprint density at radius 1 is 0.882 bits per heavy atom. The molecule has 1 heteroatoms. The van der Waals surface area contributed by atoms with Crippen molar-refractivity contribution < 1.29 is 0 Å². The number of nitrogens with one attached hydrogen (secondary N) is 1. The third-order valence-electron chi connectivity index (χ3n) is 3.47. The fourth-order valence-electron chi connectivity index (χ4n) is 2.62. The van der Waals surface area contributed by atoms with E-state index in [2.05, 4.69) is 59.9 Å². The molecule has 1 aliphatic rings. The van der Waals surface area contributed by atoms with Crippen molar-refractivity contribution in [2.45, 2.75) is 18.9 Å². The van der Waals surface area contributed by atoms with Crippen LogP contribution in [-0.2, 0) is 6.42 Å². The molecule has 0 aliphatic carbocycles. The molecule has 0 amide bonds. The lowest BCUT2D eigenvalue weighted by Crippen LogP contribution is -2.21. The molecule has 1 unspecified atom stereocenters. The van der Waals surface area contributed by atoms with Gasteiger partial charge in [0.2, 0.25) is 0 Å². The van der Waals surface area contributed by atoms with Crippen LogP contribution in [0, 0.1) is 0 Å². The van der Waals surface area contributed by atoms with E-state index in [1.807, 2.05) is 0 Å². The molecule has 0 saturated carbocycles. The van der Waals surface area contributed by atoms with E-state index >= 15 is 0 Å². The highest BCUT2D eigenvalue weighted by atomic mass is 14.9. The van der Waals surface area contributed by atoms with Crippen LogP contribution in [0.1, 0.15) is 29.2 Å². The first-order valence-corrected chi connectivity index (χ1v) is 6.31. The Bertz CT molecular complexity index is 490. The van der Waals surface area contributed by atoms with Gasteiger partial charge in [0, 0.05) is 0 Å². The van der Waals surface area contributed by atoms with E-state index in [9.17, 15) is 0 Å². The van der Waals surface area contributed by atoms with Crippen LogP contribution in [0.3, 0.4) is 0 Å². The monoisotopic (exact) mass is 223 g/mol. The number of hydrogen-bond acceptors (Lipinski definition) is 1. The lowest BCUT2D eigenvalue weighted by atomic mass is 9.94. The molecule has 3 rings (SSSR count). The van der Waals surface area contributed by atoms with E-state index in [1.54, 1.807) is 0 Å². The van der Waals surface area contributed by atoms with Gasteiger partial charge in [0.05, 0.1) is 6.04 Å². The van der Waals surface area contributed by atoms with E-state index in [1.165, 1.54) is 29.5 Å². The van der Waals surface area contributed by atoms with Gasteiger partial charge in [0.25, 0.3) is 0 Å². The second-order valence-electron chi connectivity index (χ2n) is 4.60. The predicted octanol–water partition coefficient (Wildman–Crippen LogP) is 3.31. The maximum Gasteiger partial charge on any atom is 0.0579 e. The van der Waals surface area contributed by atoms with Gasteiger partial charge in [0.15, 0.2) is 0 Å². The molecule has 0 spiro atoms. The minimum atomic E-state index is 0.356. The van der Waals surface area contributed by atoms with Gasteiger partial charge in [-0.2, -0.15) is 0 Å². The molecule has 1 atom stereocenters. The first-order valence-electron chi connectivity index (χ1n) is 6.31. The van der Waals surface area contributed by atoms with Crippen LogP contribution in [0.25, 0.3) is 0 Å². The second kappa shape index (κ2) is 4.72. The minimum absolute atomic E-state index is 0.356. The Balaban J connectivity index is 2.06. The molecule has 17 heavy (non-hydrogen) atoms. The zero-order valence-corrected chi connectivity index (χ0v) is 9.89. The van der Waals surface area contributed by atoms with Gasteiger partial charge >= 0.3 is 0 Å². The van der Waals surface area contributed by atoms with Crippen LogP contribution >= 0.6 is 0 Å². The third kappa shape index (κ3) is 2.11. The zero-order valence-electron chi connectivity index (χ0n) is 9.89. The molecule has 0 bridgehead atoms. The van der Waals surface area contributed by atoms with Crippen LogP contribution in [-0.4, -0.2) is 6.54 Å². The molecule has 0 fully saturated rings. The van der Waals surface area contributed by atoms with Crippen LogP contribution in [0.15, 0.2) is 54.6 Å². The Morgan fingerprint density at radius 2 is 1.65 bits per heavy atom. The minimum Gasteiger partial charge on any atom is -0.306 e. The van der Waals surface area contributed by atoms with Gasteiger partial charge < -0.3 is 5.32 Å². The second-order valence-corrected chi connectivity index (χ2v) is 4.60. The first-order chi connectivity index (χ1) is 8.45. The van der Waals surface area contributed by atoms with Crippen LogP contribution in [0.4, 0.5) is 0 Å². The molecule has 1 N–H and O–H groups in total. The highest BCUT2D eigenvalue weighted by Crippen LogP contribution is 2.27. The zero-order chi connectivity index (χ0) is 11.5. The summed E-state index contributed by atoms with van der Waals surface area (Å²) in [6.07, 6.45) is 2.41. The summed E-state index contributed by atoms with van der Waals surface area (Å²) in [5, 5.41) is 3.65. The van der Waals surface area contributed by atoms with Gasteiger partial charge in [-0.3, -0.25) is 0 Å². The normalized spacial score (nSPS) is 19.4. The Kier molecular flexibility index (Phi) is 2.93. The molecule has 0 radical (unpaired) electrons. The average Bonchev–Trinajstić information content (AvgIpc) is 2.62. The number of rotatable bonds is 1. The molecule has 2 aromatic rings. The lowest BCUT2D eigenvalue weighted by molar-refractivity contribution is 0.609. The van der Waals surface area contributed by atoms with Crippen LogP contribution in [0.5, 0.6) is 0 Å². The maximum absolute atomic E-state index is 3.65. The third-order valence-corrected chi connectivity index (χ3v) is 3.47. The van der Waals surface area contributed by atoms with Crippen molar-refractivity contribution in [2.24, 2.45) is 0 Å². The largest absolute Gasteiger partial charge is 0.306 e. The van der Waals surface area contributed by atoms with Gasteiger partial charge in [-0.25, -0.2) is 0 Å². The molecule has 1 aliphatic heterocycles. The molecular formula is C16H17N. The maximum atomic E-state index is 3.65. The molecule has 0 saturated heterocycles. The Hall–Kier alpha value is -1.60. The highest BCUT2D eigenvalue weighted by molar-refractivity contribution is 5.38. The van der Waals surface area contributed by atoms with Crippen molar-refractivity contribution in [1.29, 1.82) is 0 Å². The molecule has 2 aromatic carbocycles. The van der Waals surface area contributed by atoms with Crippen molar-refractivity contribution in [3.63, 3.8) is 0 Å². The van der Waals surface area contributed by atoms with E-state index in [0.717, 1.165) is 6.54 Å². The van der Waals surface area contributed by atoms with Gasteiger partial charge in [-0.1, -0.05) is 54.6 Å². The van der Waals surface area contributed by atoms with Crippen molar-refractivity contribution >= 4 is 0 Å². The highest BCUT2D eigenvalue weighted by Gasteiger charge is 2.18. The number of hydrogen-bond donors (Lipinski definition) is 1. The Morgan fingerprint density at radius 3 is 2.53 bits per heavy atom. The molecule has 1 nitrogen and oxygen atoms in total. The number of aryl methyl sites for hydroxylation is 1. The average molecular weight is 223 g/mol. The van der Waals surface area contributed by atoms with E-state index < -0.39 is 0 Å². The van der Waals surface area contributed by atoms with Crippen molar-refractivity contribution in [3.05, 3.63) is 71.3 Å². The van der Waals surface area contributed by atoms with Crippen molar-refractivity contribution in [1.82, 2.24) is 5.32 Å². The summed E-state index contributed by atoms with van der Waals surface area (Å²) in [4.78, 5) is 0. The van der Waals surface area contributed by atoms with E-state index in [-0.39, 0.29) is 0 Å². The first kappa shape index (κ1) is 10.5. The van der Waals surface area contributed by atoms with Crippen molar-refractivity contribution in [3.8, 4) is 0 Å². The number of benzene rings is 2. The van der Waals surface area contributed by atoms with Gasteiger partial charge in [-0.15, -0.1) is 0 Å². The van der Waals surface area contributed by atoms with Crippen LogP contribution < -0.4 is 5.32 Å². The standard InChI is InChI=1S/C16H17N/c1-2-8-14(9-3-1)16-15-11-5-4-7-13(15)10-6-12-17-16/h1-5,7-9,11,16-17H,6,10,12H2. The molecular weight excluding hydrogens is 206 g/mol. The van der Waals surface area contributed by atoms with Gasteiger partial charge in [-0.05, 0) is 36.1 Å². The molecule has 1 heterocycles. The topological polar surface area (TPSA) is 12.0 Å².